The van der Waals surface area contributed by atoms with Gasteiger partial charge >= 0.3 is 0 Å². The molecule has 0 atom stereocenters. The monoisotopic (exact) mass is 264 g/mol. The van der Waals surface area contributed by atoms with Crippen molar-refractivity contribution >= 4 is 16.9 Å². The van der Waals surface area contributed by atoms with E-state index in [4.69, 9.17) is 0 Å². The first-order valence-corrected chi connectivity index (χ1v) is 6.71. The largest absolute Gasteiger partial charge is 0.354 e. The molecule has 0 aliphatic heterocycles. The Kier molecular flexibility index (Phi) is 3.29. The van der Waals surface area contributed by atoms with Crippen molar-refractivity contribution in [2.45, 2.75) is 13.8 Å². The smallest absolute Gasteiger partial charge is 0.223 e. The van der Waals surface area contributed by atoms with E-state index in [1.165, 1.54) is 0 Å². The van der Waals surface area contributed by atoms with Gasteiger partial charge in [0, 0.05) is 29.4 Å². The lowest BCUT2D eigenvalue weighted by Crippen LogP contribution is -2.04. The molecule has 2 aromatic heterocycles. The molecule has 0 spiro atoms. The van der Waals surface area contributed by atoms with Crippen LogP contribution in [0.1, 0.15) is 12.6 Å². The highest BCUT2D eigenvalue weighted by Gasteiger charge is 2.08. The Bertz CT molecular complexity index is 747. The molecule has 20 heavy (non-hydrogen) atoms. The molecule has 100 valence electrons. The number of hydrogen-bond acceptors (Lipinski definition) is 4. The fourth-order valence-electron chi connectivity index (χ4n) is 2.25. The number of anilines is 1. The van der Waals surface area contributed by atoms with Crippen LogP contribution in [-0.4, -0.2) is 21.5 Å². The third-order valence-electron chi connectivity index (χ3n) is 3.10. The number of pyridine rings is 1. The zero-order valence-electron chi connectivity index (χ0n) is 11.6. The molecule has 0 saturated carbocycles. The van der Waals surface area contributed by atoms with Crippen molar-refractivity contribution in [3.05, 3.63) is 48.3 Å². The predicted molar refractivity (Wildman–Crippen MR) is 81.7 cm³/mol. The van der Waals surface area contributed by atoms with Crippen LogP contribution >= 0.6 is 0 Å². The van der Waals surface area contributed by atoms with Crippen molar-refractivity contribution in [1.82, 2.24) is 15.0 Å². The Hall–Kier alpha value is -2.49. The number of fused-ring (bicyclic) bond motifs is 1. The standard InChI is InChI=1S/C16H16N4/c1-3-17-16-19-11(2)10-14(20-16)13-8-4-6-12-7-5-9-18-15(12)13/h4-10H,3H2,1-2H3,(H,17,19,20). The highest BCUT2D eigenvalue weighted by Crippen LogP contribution is 2.26. The van der Waals surface area contributed by atoms with Crippen LogP contribution in [0.15, 0.2) is 42.6 Å². The van der Waals surface area contributed by atoms with Gasteiger partial charge in [0.05, 0.1) is 11.2 Å². The lowest BCUT2D eigenvalue weighted by Gasteiger charge is -2.08. The number of para-hydroxylation sites is 1. The Morgan fingerprint density at radius 2 is 1.95 bits per heavy atom. The van der Waals surface area contributed by atoms with Crippen LogP contribution in [0, 0.1) is 6.92 Å². The van der Waals surface area contributed by atoms with Crippen LogP contribution in [0.3, 0.4) is 0 Å². The molecular weight excluding hydrogens is 248 g/mol. The minimum Gasteiger partial charge on any atom is -0.354 e. The number of nitrogens with one attached hydrogen (secondary N) is 1. The van der Waals surface area contributed by atoms with E-state index in [1.54, 1.807) is 0 Å². The molecule has 0 fully saturated rings. The van der Waals surface area contributed by atoms with E-state index in [1.807, 2.05) is 44.3 Å². The van der Waals surface area contributed by atoms with Crippen molar-refractivity contribution in [3.63, 3.8) is 0 Å². The van der Waals surface area contributed by atoms with Crippen LogP contribution < -0.4 is 5.32 Å². The quantitative estimate of drug-likeness (QED) is 0.787. The minimum absolute atomic E-state index is 0.662. The molecular formula is C16H16N4. The van der Waals surface area contributed by atoms with E-state index in [0.717, 1.165) is 34.4 Å². The summed E-state index contributed by atoms with van der Waals surface area (Å²) in [6.07, 6.45) is 1.81. The van der Waals surface area contributed by atoms with E-state index in [0.29, 0.717) is 5.95 Å². The fraction of sp³-hybridized carbons (Fsp3) is 0.188. The topological polar surface area (TPSA) is 50.7 Å². The SMILES string of the molecule is CCNc1nc(C)cc(-c2cccc3cccnc23)n1. The maximum absolute atomic E-state index is 4.58. The lowest BCUT2D eigenvalue weighted by atomic mass is 10.1. The van der Waals surface area contributed by atoms with Crippen molar-refractivity contribution in [1.29, 1.82) is 0 Å². The summed E-state index contributed by atoms with van der Waals surface area (Å²) >= 11 is 0. The van der Waals surface area contributed by atoms with Crippen LogP contribution in [0.2, 0.25) is 0 Å². The highest BCUT2D eigenvalue weighted by atomic mass is 15.1. The second-order valence-electron chi connectivity index (χ2n) is 4.63. The number of aromatic nitrogens is 3. The van der Waals surface area contributed by atoms with E-state index in [2.05, 4.69) is 32.4 Å². The normalized spacial score (nSPS) is 10.7. The zero-order chi connectivity index (χ0) is 13.9. The Morgan fingerprint density at radius 1 is 1.10 bits per heavy atom. The summed E-state index contributed by atoms with van der Waals surface area (Å²) in [6.45, 7) is 4.81. The van der Waals surface area contributed by atoms with Gasteiger partial charge in [-0.3, -0.25) is 4.98 Å². The van der Waals surface area contributed by atoms with Gasteiger partial charge in [-0.2, -0.15) is 0 Å². The summed E-state index contributed by atoms with van der Waals surface area (Å²) in [5, 5.41) is 4.28. The molecule has 0 bridgehead atoms. The molecule has 0 aliphatic carbocycles. The Labute approximate surface area is 117 Å². The average Bonchev–Trinajstić information content (AvgIpc) is 2.46. The zero-order valence-corrected chi connectivity index (χ0v) is 11.6. The third-order valence-corrected chi connectivity index (χ3v) is 3.10. The number of benzene rings is 1. The van der Waals surface area contributed by atoms with Crippen molar-refractivity contribution in [2.24, 2.45) is 0 Å². The molecule has 3 rings (SSSR count). The molecule has 1 N–H and O–H groups in total. The average molecular weight is 264 g/mol. The summed E-state index contributed by atoms with van der Waals surface area (Å²) < 4.78 is 0. The summed E-state index contributed by atoms with van der Waals surface area (Å²) in [7, 11) is 0. The number of nitrogens with zero attached hydrogens (tertiary/aromatic N) is 3. The van der Waals surface area contributed by atoms with Crippen LogP contribution in [0.4, 0.5) is 5.95 Å². The molecule has 2 heterocycles. The number of rotatable bonds is 3. The maximum Gasteiger partial charge on any atom is 0.223 e. The molecule has 3 aromatic rings. The van der Waals surface area contributed by atoms with Gasteiger partial charge in [-0.05, 0) is 26.0 Å². The molecule has 4 heteroatoms. The highest BCUT2D eigenvalue weighted by molar-refractivity contribution is 5.92. The maximum atomic E-state index is 4.58. The predicted octanol–water partition coefficient (Wildman–Crippen LogP) is 3.43. The molecule has 0 saturated heterocycles. The first-order valence-electron chi connectivity index (χ1n) is 6.71. The minimum atomic E-state index is 0.662. The van der Waals surface area contributed by atoms with Gasteiger partial charge in [0.15, 0.2) is 0 Å². The van der Waals surface area contributed by atoms with Crippen molar-refractivity contribution in [3.8, 4) is 11.3 Å². The molecule has 1 aromatic carbocycles. The van der Waals surface area contributed by atoms with Gasteiger partial charge in [0.2, 0.25) is 5.95 Å². The van der Waals surface area contributed by atoms with Gasteiger partial charge < -0.3 is 5.32 Å². The summed E-state index contributed by atoms with van der Waals surface area (Å²) in [5.41, 5.74) is 3.85. The van der Waals surface area contributed by atoms with E-state index < -0.39 is 0 Å². The van der Waals surface area contributed by atoms with Gasteiger partial charge in [-0.15, -0.1) is 0 Å². The first kappa shape index (κ1) is 12.5. The summed E-state index contributed by atoms with van der Waals surface area (Å²) in [6, 6.07) is 12.1. The summed E-state index contributed by atoms with van der Waals surface area (Å²) in [5.74, 6) is 0.662. The number of aryl methyl sites for hydroxylation is 1. The fourth-order valence-corrected chi connectivity index (χ4v) is 2.25. The van der Waals surface area contributed by atoms with E-state index in [-0.39, 0.29) is 0 Å². The molecule has 0 radical (unpaired) electrons. The van der Waals surface area contributed by atoms with Gasteiger partial charge in [-0.25, -0.2) is 9.97 Å². The van der Waals surface area contributed by atoms with Gasteiger partial charge in [-0.1, -0.05) is 24.3 Å². The second kappa shape index (κ2) is 5.25. The van der Waals surface area contributed by atoms with Crippen LogP contribution in [0.25, 0.3) is 22.2 Å². The van der Waals surface area contributed by atoms with Crippen molar-refractivity contribution in [2.75, 3.05) is 11.9 Å². The van der Waals surface area contributed by atoms with E-state index in [9.17, 15) is 0 Å². The van der Waals surface area contributed by atoms with Gasteiger partial charge in [0.25, 0.3) is 0 Å². The molecule has 0 aliphatic rings. The second-order valence-corrected chi connectivity index (χ2v) is 4.63. The number of hydrogen-bond donors (Lipinski definition) is 1. The van der Waals surface area contributed by atoms with E-state index >= 15 is 0 Å². The van der Waals surface area contributed by atoms with Crippen LogP contribution in [-0.2, 0) is 0 Å². The van der Waals surface area contributed by atoms with Gasteiger partial charge in [0.1, 0.15) is 0 Å². The molecule has 0 unspecified atom stereocenters. The third kappa shape index (κ3) is 2.32. The molecule has 4 nitrogen and oxygen atoms in total. The summed E-state index contributed by atoms with van der Waals surface area (Å²) in [4.78, 5) is 13.5. The first-order chi connectivity index (χ1) is 9.78. The van der Waals surface area contributed by atoms with Crippen molar-refractivity contribution < 1.29 is 0 Å². The van der Waals surface area contributed by atoms with Crippen LogP contribution in [0.5, 0.6) is 0 Å². The molecule has 0 amide bonds. The Balaban J connectivity index is 2.20. The Morgan fingerprint density at radius 3 is 2.80 bits per heavy atom. The lowest BCUT2D eigenvalue weighted by molar-refractivity contribution is 1.06.